The second kappa shape index (κ2) is 7.94. The van der Waals surface area contributed by atoms with Gasteiger partial charge in [-0.3, -0.25) is 9.59 Å². The standard InChI is InChI=1S/C14H22O5/c1-18-12-9-11(15)14(17)10(12)7-5-3-4-6-8-13(16)19-2/h11,15H,3-9H2,1-2H3. The second-order valence-corrected chi connectivity index (χ2v) is 4.68. The summed E-state index contributed by atoms with van der Waals surface area (Å²) in [5.41, 5.74) is 0.628. The third-order valence-electron chi connectivity index (χ3n) is 3.35. The van der Waals surface area contributed by atoms with Crippen LogP contribution in [0, 0.1) is 0 Å². The van der Waals surface area contributed by atoms with Gasteiger partial charge in [-0.2, -0.15) is 0 Å². The highest BCUT2D eigenvalue weighted by molar-refractivity contribution is 6.01. The van der Waals surface area contributed by atoms with Crippen molar-refractivity contribution in [3.63, 3.8) is 0 Å². The molecule has 0 spiro atoms. The first kappa shape index (κ1) is 15.7. The Morgan fingerprint density at radius 1 is 1.26 bits per heavy atom. The number of ketones is 1. The van der Waals surface area contributed by atoms with E-state index in [0.29, 0.717) is 30.6 Å². The summed E-state index contributed by atoms with van der Waals surface area (Å²) < 4.78 is 9.68. The van der Waals surface area contributed by atoms with Crippen LogP contribution in [0.5, 0.6) is 0 Å². The Balaban J connectivity index is 2.22. The highest BCUT2D eigenvalue weighted by Crippen LogP contribution is 2.27. The Morgan fingerprint density at radius 2 is 1.95 bits per heavy atom. The quantitative estimate of drug-likeness (QED) is 0.537. The predicted molar refractivity (Wildman–Crippen MR) is 69.4 cm³/mol. The average molecular weight is 270 g/mol. The van der Waals surface area contributed by atoms with Crippen LogP contribution in [0.1, 0.15) is 44.9 Å². The molecule has 0 fully saturated rings. The molecule has 0 saturated carbocycles. The van der Waals surface area contributed by atoms with E-state index >= 15 is 0 Å². The zero-order valence-electron chi connectivity index (χ0n) is 11.6. The van der Waals surface area contributed by atoms with Crippen LogP contribution in [0.3, 0.4) is 0 Å². The van der Waals surface area contributed by atoms with Gasteiger partial charge in [0.25, 0.3) is 0 Å². The summed E-state index contributed by atoms with van der Waals surface area (Å²) >= 11 is 0. The molecule has 1 atom stereocenters. The number of ether oxygens (including phenoxy) is 2. The maximum absolute atomic E-state index is 11.7. The number of hydrogen-bond acceptors (Lipinski definition) is 5. The lowest BCUT2D eigenvalue weighted by molar-refractivity contribution is -0.140. The highest BCUT2D eigenvalue weighted by Gasteiger charge is 2.31. The van der Waals surface area contributed by atoms with Crippen molar-refractivity contribution in [1.82, 2.24) is 0 Å². The van der Waals surface area contributed by atoms with Gasteiger partial charge in [0, 0.05) is 18.4 Å². The number of aliphatic hydroxyl groups excluding tert-OH is 1. The number of carbonyl (C=O) groups excluding carboxylic acids is 2. The summed E-state index contributed by atoms with van der Waals surface area (Å²) in [6.07, 6.45) is 4.00. The van der Waals surface area contributed by atoms with Crippen LogP contribution in [-0.4, -0.2) is 37.2 Å². The predicted octanol–water partition coefficient (Wildman–Crippen LogP) is 1.73. The van der Waals surface area contributed by atoms with E-state index < -0.39 is 6.10 Å². The number of Topliss-reactive ketones (excluding diaryl/α,β-unsaturated/α-hetero) is 1. The molecule has 0 aromatic rings. The minimum absolute atomic E-state index is 0.182. The monoisotopic (exact) mass is 270 g/mol. The summed E-state index contributed by atoms with van der Waals surface area (Å²) in [6, 6.07) is 0. The van der Waals surface area contributed by atoms with Gasteiger partial charge < -0.3 is 14.6 Å². The van der Waals surface area contributed by atoms with Crippen LogP contribution in [-0.2, 0) is 19.1 Å². The molecule has 19 heavy (non-hydrogen) atoms. The second-order valence-electron chi connectivity index (χ2n) is 4.68. The van der Waals surface area contributed by atoms with E-state index in [9.17, 15) is 14.7 Å². The average Bonchev–Trinajstić information content (AvgIpc) is 2.69. The SMILES string of the molecule is COC(=O)CCCCCCC1=C(OC)CC(O)C1=O. The number of methoxy groups -OCH3 is 2. The van der Waals surface area contributed by atoms with Gasteiger partial charge in [-0.1, -0.05) is 12.8 Å². The molecule has 0 amide bonds. The molecule has 1 aliphatic carbocycles. The largest absolute Gasteiger partial charge is 0.501 e. The molecule has 0 heterocycles. The minimum Gasteiger partial charge on any atom is -0.501 e. The molecule has 108 valence electrons. The first-order valence-electron chi connectivity index (χ1n) is 6.65. The van der Waals surface area contributed by atoms with Gasteiger partial charge in [-0.15, -0.1) is 0 Å². The molecule has 5 nitrogen and oxygen atoms in total. The molecular weight excluding hydrogens is 248 g/mol. The van der Waals surface area contributed by atoms with Gasteiger partial charge in [-0.05, 0) is 19.3 Å². The molecule has 0 bridgehead atoms. The van der Waals surface area contributed by atoms with Crippen LogP contribution in [0.15, 0.2) is 11.3 Å². The Kier molecular flexibility index (Phi) is 6.56. The molecule has 0 radical (unpaired) electrons. The maximum Gasteiger partial charge on any atom is 0.305 e. The van der Waals surface area contributed by atoms with Crippen molar-refractivity contribution in [2.45, 2.75) is 51.0 Å². The fourth-order valence-electron chi connectivity index (χ4n) is 2.23. The maximum atomic E-state index is 11.7. The number of esters is 1. The third-order valence-corrected chi connectivity index (χ3v) is 3.35. The fraction of sp³-hybridized carbons (Fsp3) is 0.714. The third kappa shape index (κ3) is 4.67. The Hall–Kier alpha value is -1.36. The molecular formula is C14H22O5. The van der Waals surface area contributed by atoms with E-state index in [1.807, 2.05) is 0 Å². The summed E-state index contributed by atoms with van der Waals surface area (Å²) in [4.78, 5) is 22.6. The van der Waals surface area contributed by atoms with Crippen LogP contribution >= 0.6 is 0 Å². The van der Waals surface area contributed by atoms with E-state index in [2.05, 4.69) is 4.74 Å². The molecule has 5 heteroatoms. The van der Waals surface area contributed by atoms with E-state index in [1.54, 1.807) is 0 Å². The number of carbonyl (C=O) groups is 2. The lowest BCUT2D eigenvalue weighted by atomic mass is 10.0. The topological polar surface area (TPSA) is 72.8 Å². The molecule has 0 aliphatic heterocycles. The van der Waals surface area contributed by atoms with E-state index in [-0.39, 0.29) is 11.8 Å². The van der Waals surface area contributed by atoms with Crippen molar-refractivity contribution < 1.29 is 24.2 Å². The fourth-order valence-corrected chi connectivity index (χ4v) is 2.23. The van der Waals surface area contributed by atoms with Crippen molar-refractivity contribution >= 4 is 11.8 Å². The zero-order valence-corrected chi connectivity index (χ0v) is 11.6. The van der Waals surface area contributed by atoms with Crippen molar-refractivity contribution in [1.29, 1.82) is 0 Å². The first-order chi connectivity index (χ1) is 9.10. The van der Waals surface area contributed by atoms with Crippen LogP contribution in [0.25, 0.3) is 0 Å². The number of rotatable bonds is 8. The molecule has 0 aromatic heterocycles. The van der Waals surface area contributed by atoms with E-state index in [4.69, 9.17) is 4.74 Å². The van der Waals surface area contributed by atoms with Gasteiger partial charge in [-0.25, -0.2) is 0 Å². The van der Waals surface area contributed by atoms with Crippen LogP contribution in [0.4, 0.5) is 0 Å². The lowest BCUT2D eigenvalue weighted by Gasteiger charge is -2.05. The van der Waals surface area contributed by atoms with Crippen molar-refractivity contribution in [2.24, 2.45) is 0 Å². The molecule has 1 N–H and O–H groups in total. The van der Waals surface area contributed by atoms with Gasteiger partial charge in [0.15, 0.2) is 5.78 Å². The molecule has 1 rings (SSSR count). The molecule has 1 aliphatic rings. The Morgan fingerprint density at radius 3 is 2.58 bits per heavy atom. The normalized spacial score (nSPS) is 18.9. The van der Waals surface area contributed by atoms with Crippen molar-refractivity contribution in [3.8, 4) is 0 Å². The highest BCUT2D eigenvalue weighted by atomic mass is 16.5. The lowest BCUT2D eigenvalue weighted by Crippen LogP contribution is -2.15. The van der Waals surface area contributed by atoms with Gasteiger partial charge in [0.05, 0.1) is 14.2 Å². The summed E-state index contributed by atoms with van der Waals surface area (Å²) in [7, 11) is 2.91. The van der Waals surface area contributed by atoms with Crippen molar-refractivity contribution in [2.75, 3.05) is 14.2 Å². The first-order valence-corrected chi connectivity index (χ1v) is 6.65. The number of hydrogen-bond donors (Lipinski definition) is 1. The molecule has 0 aromatic carbocycles. The summed E-state index contributed by atoms with van der Waals surface area (Å²) in [5.74, 6) is 0.233. The van der Waals surface area contributed by atoms with E-state index in [1.165, 1.54) is 14.2 Å². The van der Waals surface area contributed by atoms with Crippen molar-refractivity contribution in [3.05, 3.63) is 11.3 Å². The Labute approximate surface area is 113 Å². The Bertz CT molecular complexity index is 359. The van der Waals surface area contributed by atoms with Crippen LogP contribution in [0.2, 0.25) is 0 Å². The van der Waals surface area contributed by atoms with E-state index in [0.717, 1.165) is 25.7 Å². The molecule has 1 unspecified atom stereocenters. The van der Waals surface area contributed by atoms with Gasteiger partial charge >= 0.3 is 5.97 Å². The minimum atomic E-state index is -0.927. The number of aliphatic hydroxyl groups is 1. The van der Waals surface area contributed by atoms with Gasteiger partial charge in [0.1, 0.15) is 11.9 Å². The number of unbranched alkanes of at least 4 members (excludes halogenated alkanes) is 3. The van der Waals surface area contributed by atoms with Gasteiger partial charge in [0.2, 0.25) is 0 Å². The zero-order chi connectivity index (χ0) is 14.3. The summed E-state index contributed by atoms with van der Waals surface area (Å²) in [5, 5.41) is 9.48. The smallest absolute Gasteiger partial charge is 0.305 e. The molecule has 0 saturated heterocycles. The van der Waals surface area contributed by atoms with Crippen LogP contribution < -0.4 is 0 Å². The summed E-state index contributed by atoms with van der Waals surface area (Å²) in [6.45, 7) is 0.